The summed E-state index contributed by atoms with van der Waals surface area (Å²) in [6.07, 6.45) is 5.88. The van der Waals surface area contributed by atoms with Crippen LogP contribution in [0.25, 0.3) is 0 Å². The fourth-order valence-electron chi connectivity index (χ4n) is 2.49. The predicted octanol–water partition coefficient (Wildman–Crippen LogP) is 1.52. The van der Waals surface area contributed by atoms with Crippen LogP contribution in [0.5, 0.6) is 0 Å². The van der Waals surface area contributed by atoms with Gasteiger partial charge >= 0.3 is 0 Å². The lowest BCUT2D eigenvalue weighted by molar-refractivity contribution is 0.0898. The van der Waals surface area contributed by atoms with Crippen LogP contribution < -0.4 is 10.2 Å². The molecule has 2 atom stereocenters. The van der Waals surface area contributed by atoms with Crippen molar-refractivity contribution < 1.29 is 4.74 Å². The first-order valence-corrected chi connectivity index (χ1v) is 6.62. The zero-order valence-corrected chi connectivity index (χ0v) is 11.0. The highest BCUT2D eigenvalue weighted by Gasteiger charge is 2.40. The quantitative estimate of drug-likeness (QED) is 0.875. The Morgan fingerprint density at radius 2 is 2.17 bits per heavy atom. The second-order valence-electron chi connectivity index (χ2n) is 5.35. The van der Waals surface area contributed by atoms with Gasteiger partial charge in [0.15, 0.2) is 0 Å². The number of ether oxygens (including phenoxy) is 1. The normalized spacial score (nSPS) is 27.2. The van der Waals surface area contributed by atoms with E-state index in [-0.39, 0.29) is 0 Å². The van der Waals surface area contributed by atoms with Gasteiger partial charge in [0.25, 0.3) is 0 Å². The van der Waals surface area contributed by atoms with E-state index in [0.717, 1.165) is 30.7 Å². The van der Waals surface area contributed by atoms with Crippen molar-refractivity contribution in [1.82, 2.24) is 9.97 Å². The van der Waals surface area contributed by atoms with Gasteiger partial charge in [-0.2, -0.15) is 4.98 Å². The van der Waals surface area contributed by atoms with Gasteiger partial charge in [-0.25, -0.2) is 4.98 Å². The molecule has 2 aliphatic rings. The Kier molecular flexibility index (Phi) is 3.07. The van der Waals surface area contributed by atoms with Gasteiger partial charge in [-0.3, -0.25) is 0 Å². The molecule has 1 N–H and O–H groups in total. The molecule has 1 saturated carbocycles. The van der Waals surface area contributed by atoms with Crippen LogP contribution in [0.1, 0.15) is 19.3 Å². The molecule has 0 radical (unpaired) electrons. The van der Waals surface area contributed by atoms with Crippen LogP contribution >= 0.6 is 0 Å². The molecule has 0 bridgehead atoms. The van der Waals surface area contributed by atoms with Gasteiger partial charge in [-0.05, 0) is 31.2 Å². The molecule has 1 aliphatic carbocycles. The molecular weight excluding hydrogens is 228 g/mol. The summed E-state index contributed by atoms with van der Waals surface area (Å²) in [4.78, 5) is 10.6. The Bertz CT molecular complexity index is 419. The minimum Gasteiger partial charge on any atom is -0.376 e. The van der Waals surface area contributed by atoms with Crippen molar-refractivity contribution in [2.45, 2.75) is 31.4 Å². The average Bonchev–Trinajstić information content (AvgIpc) is 3.11. The second-order valence-corrected chi connectivity index (χ2v) is 5.35. The van der Waals surface area contributed by atoms with Crippen molar-refractivity contribution in [3.63, 3.8) is 0 Å². The van der Waals surface area contributed by atoms with Crippen molar-refractivity contribution in [2.24, 2.45) is 5.92 Å². The SMILES string of the molecule is CN(C)c1nccc(NC2CCOC2C2CC2)n1. The maximum atomic E-state index is 5.82. The molecule has 3 rings (SSSR count). The molecule has 18 heavy (non-hydrogen) atoms. The summed E-state index contributed by atoms with van der Waals surface area (Å²) >= 11 is 0. The van der Waals surface area contributed by atoms with E-state index in [1.165, 1.54) is 12.8 Å². The van der Waals surface area contributed by atoms with E-state index in [9.17, 15) is 0 Å². The highest BCUT2D eigenvalue weighted by Crippen LogP contribution is 2.39. The number of hydrogen-bond acceptors (Lipinski definition) is 5. The predicted molar refractivity (Wildman–Crippen MR) is 70.9 cm³/mol. The van der Waals surface area contributed by atoms with Gasteiger partial charge in [0.05, 0.1) is 12.1 Å². The molecule has 1 aromatic heterocycles. The number of nitrogens with zero attached hydrogens (tertiary/aromatic N) is 3. The molecule has 5 heteroatoms. The van der Waals surface area contributed by atoms with E-state index in [4.69, 9.17) is 4.74 Å². The van der Waals surface area contributed by atoms with Crippen LogP contribution in [-0.2, 0) is 4.74 Å². The number of anilines is 2. The van der Waals surface area contributed by atoms with Crippen LogP contribution in [0.15, 0.2) is 12.3 Å². The summed E-state index contributed by atoms with van der Waals surface area (Å²) in [5.41, 5.74) is 0. The molecule has 5 nitrogen and oxygen atoms in total. The maximum Gasteiger partial charge on any atom is 0.226 e. The third-order valence-corrected chi connectivity index (χ3v) is 3.60. The Morgan fingerprint density at radius 3 is 2.89 bits per heavy atom. The fraction of sp³-hybridized carbons (Fsp3) is 0.692. The molecule has 1 saturated heterocycles. The summed E-state index contributed by atoms with van der Waals surface area (Å²) in [7, 11) is 3.90. The Labute approximate surface area is 108 Å². The van der Waals surface area contributed by atoms with Gasteiger partial charge in [0.1, 0.15) is 5.82 Å². The van der Waals surface area contributed by atoms with E-state index in [1.807, 2.05) is 25.1 Å². The minimum atomic E-state index is 0.378. The van der Waals surface area contributed by atoms with Crippen molar-refractivity contribution in [3.05, 3.63) is 12.3 Å². The second kappa shape index (κ2) is 4.72. The van der Waals surface area contributed by atoms with Crippen molar-refractivity contribution >= 4 is 11.8 Å². The fourth-order valence-corrected chi connectivity index (χ4v) is 2.49. The molecule has 98 valence electrons. The van der Waals surface area contributed by atoms with Gasteiger partial charge in [0.2, 0.25) is 5.95 Å². The summed E-state index contributed by atoms with van der Waals surface area (Å²) in [5, 5.41) is 3.50. The number of nitrogens with one attached hydrogen (secondary N) is 1. The summed E-state index contributed by atoms with van der Waals surface area (Å²) in [6.45, 7) is 0.866. The molecule has 1 aliphatic heterocycles. The zero-order valence-electron chi connectivity index (χ0n) is 11.0. The van der Waals surface area contributed by atoms with Crippen molar-refractivity contribution in [2.75, 3.05) is 30.9 Å². The lowest BCUT2D eigenvalue weighted by atomic mass is 10.1. The largest absolute Gasteiger partial charge is 0.376 e. The highest BCUT2D eigenvalue weighted by atomic mass is 16.5. The first-order valence-electron chi connectivity index (χ1n) is 6.62. The first-order chi connectivity index (χ1) is 8.74. The topological polar surface area (TPSA) is 50.3 Å². The Balaban J connectivity index is 1.69. The molecule has 2 fully saturated rings. The third kappa shape index (κ3) is 2.41. The van der Waals surface area contributed by atoms with E-state index in [1.54, 1.807) is 6.20 Å². The van der Waals surface area contributed by atoms with E-state index < -0.39 is 0 Å². The Hall–Kier alpha value is -1.36. The van der Waals surface area contributed by atoms with Crippen molar-refractivity contribution in [1.29, 1.82) is 0 Å². The molecule has 0 spiro atoms. The molecule has 2 unspecified atom stereocenters. The summed E-state index contributed by atoms with van der Waals surface area (Å²) in [6, 6.07) is 2.33. The van der Waals surface area contributed by atoms with E-state index >= 15 is 0 Å². The third-order valence-electron chi connectivity index (χ3n) is 3.60. The van der Waals surface area contributed by atoms with Gasteiger partial charge in [0, 0.05) is 26.9 Å². The Morgan fingerprint density at radius 1 is 1.33 bits per heavy atom. The smallest absolute Gasteiger partial charge is 0.226 e. The van der Waals surface area contributed by atoms with Gasteiger partial charge in [-0.15, -0.1) is 0 Å². The zero-order chi connectivity index (χ0) is 12.5. The van der Waals surface area contributed by atoms with Crippen LogP contribution in [0.4, 0.5) is 11.8 Å². The number of hydrogen-bond donors (Lipinski definition) is 1. The molecule has 0 amide bonds. The summed E-state index contributed by atoms with van der Waals surface area (Å²) in [5.74, 6) is 2.40. The van der Waals surface area contributed by atoms with Crippen molar-refractivity contribution in [3.8, 4) is 0 Å². The van der Waals surface area contributed by atoms with E-state index in [0.29, 0.717) is 12.1 Å². The van der Waals surface area contributed by atoms with Gasteiger partial charge in [-0.1, -0.05) is 0 Å². The monoisotopic (exact) mass is 248 g/mol. The van der Waals surface area contributed by atoms with Crippen LogP contribution in [0, 0.1) is 5.92 Å². The van der Waals surface area contributed by atoms with Crippen LogP contribution in [0.2, 0.25) is 0 Å². The highest BCUT2D eigenvalue weighted by molar-refractivity contribution is 5.41. The molecular formula is C13H20N4O. The number of aromatic nitrogens is 2. The van der Waals surface area contributed by atoms with Gasteiger partial charge < -0.3 is 15.0 Å². The number of rotatable bonds is 4. The molecule has 1 aromatic rings. The van der Waals surface area contributed by atoms with E-state index in [2.05, 4.69) is 15.3 Å². The van der Waals surface area contributed by atoms with Crippen LogP contribution in [0.3, 0.4) is 0 Å². The maximum absolute atomic E-state index is 5.82. The summed E-state index contributed by atoms with van der Waals surface area (Å²) < 4.78 is 5.82. The molecule has 0 aromatic carbocycles. The lowest BCUT2D eigenvalue weighted by Crippen LogP contribution is -2.31. The first kappa shape index (κ1) is 11.7. The molecule has 2 heterocycles. The lowest BCUT2D eigenvalue weighted by Gasteiger charge is -2.20. The standard InChI is InChI=1S/C13H20N4O/c1-17(2)13-14-7-5-11(16-13)15-10-6-8-18-12(10)9-3-4-9/h5,7,9-10,12H,3-4,6,8H2,1-2H3,(H,14,15,16). The minimum absolute atomic E-state index is 0.378. The average molecular weight is 248 g/mol. The van der Waals surface area contributed by atoms with Crippen LogP contribution in [-0.4, -0.2) is 42.8 Å².